The van der Waals surface area contributed by atoms with E-state index in [0.29, 0.717) is 5.52 Å². The van der Waals surface area contributed by atoms with Crippen LogP contribution in [-0.4, -0.2) is 28.4 Å². The maximum absolute atomic E-state index is 10.7. The van der Waals surface area contributed by atoms with E-state index >= 15 is 0 Å². The van der Waals surface area contributed by atoms with Gasteiger partial charge in [-0.2, -0.15) is 13.2 Å². The molecule has 1 aromatic heterocycles. The molecule has 2 aromatic rings. The minimum atomic E-state index is -6.09. The molecule has 0 saturated carbocycles. The number of fused-ring (bicyclic) bond motifs is 1. The summed E-state index contributed by atoms with van der Waals surface area (Å²) in [4.78, 5) is 15.7. The number of aromatic amines is 2. The first-order valence-corrected chi connectivity index (χ1v) is 6.09. The molecule has 0 atom stereocenters. The molecule has 2 N–H and O–H groups in total. The zero-order valence-electron chi connectivity index (χ0n) is 9.34. The number of nitro benzene ring substituents is 1. The summed E-state index contributed by atoms with van der Waals surface area (Å²) in [6.07, 6.45) is 1.57. The van der Waals surface area contributed by atoms with Gasteiger partial charge in [-0.05, 0) is 6.07 Å². The number of hydrogen-bond acceptors (Lipinski definition) is 5. The minimum Gasteiger partial charge on any atom is -0.741 e. The molecule has 1 aromatic carbocycles. The molecule has 0 aliphatic heterocycles. The van der Waals surface area contributed by atoms with Gasteiger partial charge in [0.2, 0.25) is 11.8 Å². The van der Waals surface area contributed by atoms with E-state index < -0.39 is 20.5 Å². The van der Waals surface area contributed by atoms with Gasteiger partial charge >= 0.3 is 11.2 Å². The second-order valence-electron chi connectivity index (χ2n) is 3.29. The van der Waals surface area contributed by atoms with Crippen LogP contribution in [0.5, 0.6) is 0 Å². The van der Waals surface area contributed by atoms with E-state index in [9.17, 15) is 23.3 Å². The smallest absolute Gasteiger partial charge is 0.485 e. The molecular weight excluding hydrogens is 307 g/mol. The average Bonchev–Trinajstić information content (AvgIpc) is 2.74. The average molecular weight is 313 g/mol. The van der Waals surface area contributed by atoms with Gasteiger partial charge in [0, 0.05) is 6.07 Å². The lowest BCUT2D eigenvalue weighted by Gasteiger charge is -2.08. The van der Waals surface area contributed by atoms with Crippen molar-refractivity contribution in [1.29, 1.82) is 0 Å². The standard InChI is InChI=1S/C7H5N3O2.CHF3O3S/c11-10(12)6-3-1-2-5-7(6)9-4-8-5;2-1(3,4)8(5,6)7/h1-4H,(H,8,9);(H,5,6,7). The number of nitro groups is 1. The molecule has 0 unspecified atom stereocenters. The number of nitrogens with zero attached hydrogens (tertiary/aromatic N) is 1. The summed E-state index contributed by atoms with van der Waals surface area (Å²) in [5.41, 5.74) is -4.28. The van der Waals surface area contributed by atoms with Crippen LogP contribution < -0.4 is 4.98 Å². The third-order valence-electron chi connectivity index (χ3n) is 1.97. The Labute approximate surface area is 109 Å². The van der Waals surface area contributed by atoms with Gasteiger partial charge in [-0.1, -0.05) is 6.07 Å². The quantitative estimate of drug-likeness (QED) is 0.362. The van der Waals surface area contributed by atoms with Gasteiger partial charge in [0.15, 0.2) is 15.6 Å². The van der Waals surface area contributed by atoms with Gasteiger partial charge in [-0.25, -0.2) is 18.4 Å². The maximum Gasteiger partial charge on any atom is 0.485 e. The molecule has 0 bridgehead atoms. The zero-order chi connectivity index (χ0) is 15.6. The lowest BCUT2D eigenvalue weighted by molar-refractivity contribution is -0.399. The van der Waals surface area contributed by atoms with Crippen molar-refractivity contribution in [2.75, 3.05) is 0 Å². The molecule has 0 aliphatic rings. The van der Waals surface area contributed by atoms with Crippen molar-refractivity contribution in [2.45, 2.75) is 5.51 Å². The Morgan fingerprint density at radius 2 is 1.85 bits per heavy atom. The van der Waals surface area contributed by atoms with E-state index in [2.05, 4.69) is 9.97 Å². The predicted molar refractivity (Wildman–Crippen MR) is 57.3 cm³/mol. The normalized spacial score (nSPS) is 11.8. The molecule has 110 valence electrons. The number of rotatable bonds is 1. The van der Waals surface area contributed by atoms with Crippen molar-refractivity contribution in [1.82, 2.24) is 4.98 Å². The summed E-state index contributed by atoms with van der Waals surface area (Å²) >= 11 is 0. The fourth-order valence-electron chi connectivity index (χ4n) is 1.15. The Morgan fingerprint density at radius 3 is 2.30 bits per heavy atom. The van der Waals surface area contributed by atoms with Crippen LogP contribution in [0, 0.1) is 10.1 Å². The lowest BCUT2D eigenvalue weighted by Crippen LogP contribution is -2.21. The second kappa shape index (κ2) is 5.42. The topological polar surface area (TPSA) is 130 Å². The van der Waals surface area contributed by atoms with Crippen LogP contribution >= 0.6 is 0 Å². The molecule has 0 spiro atoms. The van der Waals surface area contributed by atoms with Crippen LogP contribution in [0.4, 0.5) is 18.9 Å². The lowest BCUT2D eigenvalue weighted by atomic mass is 10.3. The first-order chi connectivity index (χ1) is 9.04. The molecule has 0 saturated heterocycles. The summed E-state index contributed by atoms with van der Waals surface area (Å²) in [5.74, 6) is 0. The highest BCUT2D eigenvalue weighted by Crippen LogP contribution is 2.20. The molecule has 2 rings (SSSR count). The van der Waals surface area contributed by atoms with Gasteiger partial charge in [-0.3, -0.25) is 10.1 Å². The summed E-state index contributed by atoms with van der Waals surface area (Å²) in [6, 6.07) is 4.89. The highest BCUT2D eigenvalue weighted by atomic mass is 32.2. The summed E-state index contributed by atoms with van der Waals surface area (Å²) in [5, 5.41) is 10.5. The fraction of sp³-hybridized carbons (Fsp3) is 0.125. The number of alkyl halides is 3. The Kier molecular flexibility index (Phi) is 4.29. The van der Waals surface area contributed by atoms with Crippen molar-refractivity contribution in [3.63, 3.8) is 0 Å². The fourth-order valence-corrected chi connectivity index (χ4v) is 1.15. The van der Waals surface area contributed by atoms with Crippen molar-refractivity contribution < 1.29 is 36.0 Å². The Morgan fingerprint density at radius 1 is 1.30 bits per heavy atom. The van der Waals surface area contributed by atoms with Gasteiger partial charge < -0.3 is 4.55 Å². The molecular formula is C8H6F3N3O5S. The number of imidazole rings is 1. The SMILES string of the molecule is O=S(=O)([O-])C(F)(F)F.O=[N+]([O-])c1cccc2[nH]c[nH+]c12. The van der Waals surface area contributed by atoms with Gasteiger partial charge in [0.25, 0.3) is 0 Å². The number of hydrogen-bond donors (Lipinski definition) is 1. The number of benzene rings is 1. The minimum absolute atomic E-state index is 0.0914. The van der Waals surface area contributed by atoms with Crippen LogP contribution in [0.3, 0.4) is 0 Å². The van der Waals surface area contributed by atoms with Crippen LogP contribution in [0.15, 0.2) is 24.5 Å². The van der Waals surface area contributed by atoms with Crippen LogP contribution in [-0.2, 0) is 10.1 Å². The van der Waals surface area contributed by atoms with E-state index in [-0.39, 0.29) is 5.69 Å². The molecule has 20 heavy (non-hydrogen) atoms. The highest BCUT2D eigenvalue weighted by Gasteiger charge is 2.36. The van der Waals surface area contributed by atoms with Gasteiger partial charge in [-0.15, -0.1) is 0 Å². The summed E-state index contributed by atoms with van der Waals surface area (Å²) in [7, 11) is -6.09. The Bertz CT molecular complexity index is 724. The third-order valence-corrected chi connectivity index (χ3v) is 2.53. The molecule has 0 aliphatic carbocycles. The van der Waals surface area contributed by atoms with Crippen LogP contribution in [0.1, 0.15) is 0 Å². The predicted octanol–water partition coefficient (Wildman–Crippen LogP) is 0.942. The van der Waals surface area contributed by atoms with E-state index in [1.54, 1.807) is 18.5 Å². The van der Waals surface area contributed by atoms with Crippen molar-refractivity contribution in [3.05, 3.63) is 34.6 Å². The monoisotopic (exact) mass is 313 g/mol. The van der Waals surface area contributed by atoms with Crippen molar-refractivity contribution in [2.24, 2.45) is 0 Å². The van der Waals surface area contributed by atoms with Gasteiger partial charge in [0.05, 0.1) is 4.92 Å². The van der Waals surface area contributed by atoms with E-state index in [0.717, 1.165) is 5.52 Å². The number of halogens is 3. The van der Waals surface area contributed by atoms with Gasteiger partial charge in [0.1, 0.15) is 0 Å². The van der Waals surface area contributed by atoms with Crippen LogP contribution in [0.25, 0.3) is 11.0 Å². The molecule has 8 nitrogen and oxygen atoms in total. The largest absolute Gasteiger partial charge is 0.741 e. The van der Waals surface area contributed by atoms with E-state index in [4.69, 9.17) is 13.0 Å². The number of H-pyrrole nitrogens is 2. The van der Waals surface area contributed by atoms with Crippen molar-refractivity contribution in [3.8, 4) is 0 Å². The second-order valence-corrected chi connectivity index (χ2v) is 4.66. The molecule has 0 amide bonds. The Hall–Kier alpha value is -2.21. The molecule has 0 radical (unpaired) electrons. The first-order valence-electron chi connectivity index (χ1n) is 4.68. The number of para-hydroxylation sites is 1. The molecule has 1 heterocycles. The molecule has 0 fully saturated rings. The summed E-state index contributed by atoms with van der Waals surface area (Å²) in [6.45, 7) is 0. The van der Waals surface area contributed by atoms with Crippen LogP contribution in [0.2, 0.25) is 0 Å². The highest BCUT2D eigenvalue weighted by molar-refractivity contribution is 7.86. The number of nitrogens with one attached hydrogen (secondary N) is 2. The molecule has 12 heteroatoms. The Balaban J connectivity index is 0.000000221. The van der Waals surface area contributed by atoms with E-state index in [1.807, 2.05) is 0 Å². The van der Waals surface area contributed by atoms with Crippen molar-refractivity contribution >= 4 is 26.8 Å². The van der Waals surface area contributed by atoms with E-state index in [1.165, 1.54) is 6.07 Å². The summed E-state index contributed by atoms with van der Waals surface area (Å²) < 4.78 is 58.9. The maximum atomic E-state index is 10.7. The number of aromatic nitrogens is 2. The number of non-ortho nitro benzene ring substituents is 1. The zero-order valence-corrected chi connectivity index (χ0v) is 10.2. The third kappa shape index (κ3) is 3.64. The first kappa shape index (κ1) is 15.8.